The fourth-order valence-electron chi connectivity index (χ4n) is 2.93. The van der Waals surface area contributed by atoms with E-state index in [1.807, 2.05) is 64.1 Å². The highest BCUT2D eigenvalue weighted by atomic mass is 16.6. The Morgan fingerprint density at radius 2 is 1.72 bits per heavy atom. The molecule has 0 aliphatic rings. The molecule has 0 aliphatic carbocycles. The van der Waals surface area contributed by atoms with Crippen molar-refractivity contribution in [2.24, 2.45) is 5.10 Å². The van der Waals surface area contributed by atoms with Gasteiger partial charge in [0.25, 0.3) is 0 Å². The number of hydrogen-bond acceptors (Lipinski definition) is 10. The van der Waals surface area contributed by atoms with Crippen molar-refractivity contribution in [3.8, 4) is 11.5 Å². The Morgan fingerprint density at radius 3 is 2.44 bits per heavy atom. The van der Waals surface area contributed by atoms with Gasteiger partial charge in [-0.1, -0.05) is 32.0 Å². The summed E-state index contributed by atoms with van der Waals surface area (Å²) in [6.45, 7) is 7.78. The molecule has 0 fully saturated rings. The summed E-state index contributed by atoms with van der Waals surface area (Å²) in [6.07, 6.45) is 1.51. The first-order chi connectivity index (χ1) is 15.5. The number of aromatic hydroxyl groups is 1. The lowest BCUT2D eigenvalue weighted by Gasteiger charge is -2.12. The zero-order chi connectivity index (χ0) is 23.1. The van der Waals surface area contributed by atoms with Crippen molar-refractivity contribution in [2.75, 3.05) is 17.9 Å². The van der Waals surface area contributed by atoms with Gasteiger partial charge < -0.3 is 15.2 Å². The summed E-state index contributed by atoms with van der Waals surface area (Å²) in [5.74, 6) is 1.45. The van der Waals surface area contributed by atoms with Crippen molar-refractivity contribution in [3.63, 3.8) is 0 Å². The van der Waals surface area contributed by atoms with Gasteiger partial charge in [-0.05, 0) is 53.5 Å². The molecular formula is C22H25N7O3. The maximum absolute atomic E-state index is 10.2. The number of rotatable bonds is 6. The molecule has 0 spiro atoms. The Hall–Kier alpha value is -4.21. The van der Waals surface area contributed by atoms with E-state index in [0.29, 0.717) is 28.6 Å². The molecule has 2 aromatic carbocycles. The molecule has 3 N–H and O–H groups in total. The molecule has 0 saturated heterocycles. The van der Waals surface area contributed by atoms with Gasteiger partial charge in [0, 0.05) is 5.56 Å². The minimum atomic E-state index is 0.167. The second kappa shape index (κ2) is 10.2. The van der Waals surface area contributed by atoms with Gasteiger partial charge in [-0.3, -0.25) is 5.43 Å². The number of phenolic OH excluding ortho intramolecular Hbond substituents is 1. The Kier molecular flexibility index (Phi) is 7.17. The summed E-state index contributed by atoms with van der Waals surface area (Å²) >= 11 is 0. The zero-order valence-electron chi connectivity index (χ0n) is 18.5. The van der Waals surface area contributed by atoms with E-state index in [-0.39, 0.29) is 17.0 Å². The molecule has 2 aromatic heterocycles. The predicted molar refractivity (Wildman–Crippen MR) is 124 cm³/mol. The number of benzene rings is 2. The lowest BCUT2D eigenvalue weighted by Crippen LogP contribution is -2.04. The van der Waals surface area contributed by atoms with Crippen LogP contribution in [-0.2, 0) is 0 Å². The Labute approximate surface area is 185 Å². The van der Waals surface area contributed by atoms with E-state index >= 15 is 0 Å². The Bertz CT molecular complexity index is 1240. The topological polar surface area (TPSA) is 131 Å². The van der Waals surface area contributed by atoms with E-state index in [9.17, 15) is 5.11 Å². The van der Waals surface area contributed by atoms with Gasteiger partial charge in [0.2, 0.25) is 11.3 Å². The van der Waals surface area contributed by atoms with Gasteiger partial charge in [0.05, 0.1) is 19.0 Å². The second-order valence-corrected chi connectivity index (χ2v) is 6.55. The molecule has 10 nitrogen and oxygen atoms in total. The number of ether oxygens (including phenoxy) is 1. The van der Waals surface area contributed by atoms with Crippen LogP contribution in [0.4, 0.5) is 17.3 Å². The quantitative estimate of drug-likeness (QED) is 0.295. The number of aromatic nitrogens is 4. The van der Waals surface area contributed by atoms with Crippen LogP contribution in [0.25, 0.3) is 11.3 Å². The molecular weight excluding hydrogens is 410 g/mol. The van der Waals surface area contributed by atoms with E-state index in [1.165, 1.54) is 6.21 Å². The zero-order valence-corrected chi connectivity index (χ0v) is 18.5. The fourth-order valence-corrected chi connectivity index (χ4v) is 2.93. The molecule has 4 rings (SSSR count). The van der Waals surface area contributed by atoms with Crippen LogP contribution >= 0.6 is 0 Å². The summed E-state index contributed by atoms with van der Waals surface area (Å²) in [4.78, 5) is 8.75. The SMILES string of the molecule is CC.COc1ccccc1Nc1nc2nonc2nc1N/N=C/c1cc(C)cc(C)c1O. The number of phenols is 1. The largest absolute Gasteiger partial charge is 0.507 e. The van der Waals surface area contributed by atoms with Crippen LogP contribution in [0, 0.1) is 13.8 Å². The van der Waals surface area contributed by atoms with Crippen LogP contribution < -0.4 is 15.5 Å². The molecule has 0 aliphatic heterocycles. The first kappa shape index (κ1) is 22.5. The van der Waals surface area contributed by atoms with E-state index in [2.05, 4.69) is 36.1 Å². The van der Waals surface area contributed by atoms with Gasteiger partial charge in [-0.2, -0.15) is 10.1 Å². The van der Waals surface area contributed by atoms with Crippen LogP contribution in [0.3, 0.4) is 0 Å². The summed E-state index contributed by atoms with van der Waals surface area (Å²) in [6, 6.07) is 11.1. The van der Waals surface area contributed by atoms with Crippen molar-refractivity contribution in [1.82, 2.24) is 20.3 Å². The molecule has 0 amide bonds. The normalized spacial score (nSPS) is 10.7. The lowest BCUT2D eigenvalue weighted by molar-refractivity contribution is 0.314. The van der Waals surface area contributed by atoms with Crippen molar-refractivity contribution < 1.29 is 14.5 Å². The molecule has 0 unspecified atom stereocenters. The maximum Gasteiger partial charge on any atom is 0.245 e. The summed E-state index contributed by atoms with van der Waals surface area (Å²) in [5, 5.41) is 25.1. The van der Waals surface area contributed by atoms with Crippen molar-refractivity contribution in [2.45, 2.75) is 27.7 Å². The molecule has 0 saturated carbocycles. The summed E-state index contributed by atoms with van der Waals surface area (Å²) in [5.41, 5.74) is 6.36. The third-order valence-electron chi connectivity index (χ3n) is 4.32. The standard InChI is InChI=1S/C20H19N7O3.C2H6/c1-11-8-12(2)16(28)13(9-11)10-21-25-18-17(23-19-20(24-18)27-30-26-19)22-14-6-4-5-7-15(14)29-3;1-2/h4-10,28H,1-3H3,(H,22,23,26)(H,24,25,27);1-2H3/b21-10+;. The van der Waals surface area contributed by atoms with E-state index in [1.54, 1.807) is 7.11 Å². The van der Waals surface area contributed by atoms with Crippen LogP contribution in [0.15, 0.2) is 46.1 Å². The van der Waals surface area contributed by atoms with E-state index < -0.39 is 0 Å². The number of methoxy groups -OCH3 is 1. The molecule has 2 heterocycles. The van der Waals surface area contributed by atoms with Gasteiger partial charge in [0.1, 0.15) is 11.5 Å². The molecule has 0 atom stereocenters. The molecule has 4 aromatic rings. The highest BCUT2D eigenvalue weighted by Crippen LogP contribution is 2.30. The predicted octanol–water partition coefficient (Wildman–Crippen LogP) is 4.56. The number of anilines is 3. The van der Waals surface area contributed by atoms with Crippen LogP contribution in [0.1, 0.15) is 30.5 Å². The average molecular weight is 435 g/mol. The maximum atomic E-state index is 10.2. The first-order valence-electron chi connectivity index (χ1n) is 10.0. The highest BCUT2D eigenvalue weighted by Gasteiger charge is 2.14. The number of para-hydroxylation sites is 2. The van der Waals surface area contributed by atoms with Crippen molar-refractivity contribution in [3.05, 3.63) is 53.1 Å². The van der Waals surface area contributed by atoms with Crippen molar-refractivity contribution in [1.29, 1.82) is 0 Å². The smallest absolute Gasteiger partial charge is 0.245 e. The second-order valence-electron chi connectivity index (χ2n) is 6.55. The van der Waals surface area contributed by atoms with E-state index in [4.69, 9.17) is 9.37 Å². The van der Waals surface area contributed by atoms with Gasteiger partial charge in [-0.25, -0.2) is 9.61 Å². The summed E-state index contributed by atoms with van der Waals surface area (Å²) in [7, 11) is 1.58. The third kappa shape index (κ3) is 4.91. The molecule has 0 bridgehead atoms. The third-order valence-corrected chi connectivity index (χ3v) is 4.32. The number of hydrazone groups is 1. The number of fused-ring (bicyclic) bond motifs is 1. The number of hydrogen-bond donors (Lipinski definition) is 3. The first-order valence-corrected chi connectivity index (χ1v) is 10.0. The van der Waals surface area contributed by atoms with Gasteiger partial charge in [0.15, 0.2) is 11.6 Å². The average Bonchev–Trinajstić information content (AvgIpc) is 3.26. The lowest BCUT2D eigenvalue weighted by atomic mass is 10.1. The summed E-state index contributed by atoms with van der Waals surface area (Å²) < 4.78 is 10.1. The monoisotopic (exact) mass is 435 g/mol. The molecule has 10 heteroatoms. The van der Waals surface area contributed by atoms with Crippen LogP contribution in [-0.4, -0.2) is 38.7 Å². The Balaban J connectivity index is 0.00000141. The van der Waals surface area contributed by atoms with Crippen molar-refractivity contribution >= 4 is 34.8 Å². The van der Waals surface area contributed by atoms with Crippen LogP contribution in [0.5, 0.6) is 11.5 Å². The minimum Gasteiger partial charge on any atom is -0.507 e. The molecule has 166 valence electrons. The van der Waals surface area contributed by atoms with Gasteiger partial charge >= 0.3 is 0 Å². The number of nitrogens with one attached hydrogen (secondary N) is 2. The minimum absolute atomic E-state index is 0.167. The highest BCUT2D eigenvalue weighted by molar-refractivity contribution is 5.85. The Morgan fingerprint density at radius 1 is 1.03 bits per heavy atom. The van der Waals surface area contributed by atoms with Crippen LogP contribution in [0.2, 0.25) is 0 Å². The number of nitrogens with zero attached hydrogens (tertiary/aromatic N) is 5. The number of aryl methyl sites for hydroxylation is 2. The van der Waals surface area contributed by atoms with E-state index in [0.717, 1.165) is 11.1 Å². The van der Waals surface area contributed by atoms with Gasteiger partial charge in [-0.15, -0.1) is 0 Å². The molecule has 32 heavy (non-hydrogen) atoms. The molecule has 0 radical (unpaired) electrons. The fraction of sp³-hybridized carbons (Fsp3) is 0.227.